The van der Waals surface area contributed by atoms with E-state index in [1.807, 2.05) is 72.8 Å². The van der Waals surface area contributed by atoms with Gasteiger partial charge in [0.05, 0.1) is 22.2 Å². The second kappa shape index (κ2) is 10.1. The predicted octanol–water partition coefficient (Wildman–Crippen LogP) is 7.17. The Morgan fingerprint density at radius 1 is 0.971 bits per heavy atom. The van der Waals surface area contributed by atoms with Crippen molar-refractivity contribution >= 4 is 68.5 Å². The third-order valence-corrected chi connectivity index (χ3v) is 7.17. The van der Waals surface area contributed by atoms with Crippen LogP contribution in [0.4, 0.5) is 5.69 Å². The number of fused-ring (bicyclic) bond motifs is 1. The van der Waals surface area contributed by atoms with Gasteiger partial charge in [-0.3, -0.25) is 9.69 Å². The fourth-order valence-electron chi connectivity index (χ4n) is 3.96. The molecular formula is C27H21ClN2O2S2. The maximum absolute atomic E-state index is 13.2. The fraction of sp³-hybridized carbons (Fsp3) is 0.111. The summed E-state index contributed by atoms with van der Waals surface area (Å²) in [6, 6.07) is 25.2. The molecule has 2 heterocycles. The number of rotatable bonds is 7. The number of benzene rings is 3. The van der Waals surface area contributed by atoms with Crippen LogP contribution in [0.3, 0.4) is 0 Å². The largest absolute Gasteiger partial charge is 0.492 e. The van der Waals surface area contributed by atoms with Crippen molar-refractivity contribution in [3.63, 3.8) is 0 Å². The summed E-state index contributed by atoms with van der Waals surface area (Å²) in [5, 5.41) is 1.71. The Kier molecular flexibility index (Phi) is 6.72. The van der Waals surface area contributed by atoms with Crippen molar-refractivity contribution in [1.82, 2.24) is 4.57 Å². The van der Waals surface area contributed by atoms with Gasteiger partial charge in [-0.2, -0.15) is 0 Å². The standard InChI is InChI=1S/C27H21ClN2O2S2/c28-22-12-5-7-14-24(22)32-16-8-15-29-18-19(21-11-4-6-13-23(21)29)17-25-26(31)30(27(33)34-25)20-9-2-1-3-10-20/h1-7,9-14,17-18H,8,15-16H2/b25-17-. The molecule has 1 saturated heterocycles. The highest BCUT2D eigenvalue weighted by Crippen LogP contribution is 2.37. The summed E-state index contributed by atoms with van der Waals surface area (Å²) in [5.41, 5.74) is 2.90. The third kappa shape index (κ3) is 4.62. The summed E-state index contributed by atoms with van der Waals surface area (Å²) in [4.78, 5) is 15.4. The molecule has 4 aromatic rings. The number of thioether (sulfide) groups is 1. The number of amides is 1. The van der Waals surface area contributed by atoms with Gasteiger partial charge in [0.2, 0.25) is 0 Å². The van der Waals surface area contributed by atoms with E-state index in [1.165, 1.54) is 11.8 Å². The minimum atomic E-state index is -0.0915. The Morgan fingerprint density at radius 2 is 1.71 bits per heavy atom. The number of carbonyl (C=O) groups is 1. The SMILES string of the molecule is O=C1/C(=C/c2cn(CCCOc3ccccc3Cl)c3ccccc23)SC(=S)N1c1ccccc1. The zero-order valence-electron chi connectivity index (χ0n) is 18.2. The van der Waals surface area contributed by atoms with Gasteiger partial charge in [0.25, 0.3) is 5.91 Å². The van der Waals surface area contributed by atoms with E-state index < -0.39 is 0 Å². The van der Waals surface area contributed by atoms with Crippen LogP contribution < -0.4 is 9.64 Å². The Labute approximate surface area is 212 Å². The first-order valence-electron chi connectivity index (χ1n) is 10.9. The summed E-state index contributed by atoms with van der Waals surface area (Å²) in [7, 11) is 0. The van der Waals surface area contributed by atoms with Gasteiger partial charge in [0, 0.05) is 29.2 Å². The molecule has 4 nitrogen and oxygen atoms in total. The highest BCUT2D eigenvalue weighted by molar-refractivity contribution is 8.27. The average Bonchev–Trinajstić information content (AvgIpc) is 3.34. The second-order valence-electron chi connectivity index (χ2n) is 7.78. The van der Waals surface area contributed by atoms with Crippen LogP contribution in [0, 0.1) is 0 Å². The number of thiocarbonyl (C=S) groups is 1. The van der Waals surface area contributed by atoms with Gasteiger partial charge in [-0.25, -0.2) is 0 Å². The van der Waals surface area contributed by atoms with Crippen molar-refractivity contribution in [1.29, 1.82) is 0 Å². The average molecular weight is 505 g/mol. The molecule has 0 bridgehead atoms. The minimum Gasteiger partial charge on any atom is -0.492 e. The molecule has 5 rings (SSSR count). The fourth-order valence-corrected chi connectivity index (χ4v) is 5.44. The van der Waals surface area contributed by atoms with Crippen LogP contribution in [0.15, 0.2) is 90.0 Å². The number of aryl methyl sites for hydroxylation is 1. The Bertz CT molecular complexity index is 1400. The number of ether oxygens (including phenoxy) is 1. The molecule has 1 amide bonds. The third-order valence-electron chi connectivity index (χ3n) is 5.55. The molecule has 0 radical (unpaired) electrons. The molecule has 3 aromatic carbocycles. The number of anilines is 1. The van der Waals surface area contributed by atoms with Crippen LogP contribution in [0.25, 0.3) is 17.0 Å². The number of aromatic nitrogens is 1. The molecule has 0 atom stereocenters. The maximum atomic E-state index is 13.2. The molecule has 34 heavy (non-hydrogen) atoms. The summed E-state index contributed by atoms with van der Waals surface area (Å²) < 4.78 is 8.59. The van der Waals surface area contributed by atoms with Gasteiger partial charge in [-0.1, -0.05) is 84.1 Å². The molecule has 0 aliphatic carbocycles. The van der Waals surface area contributed by atoms with E-state index in [4.69, 9.17) is 28.6 Å². The van der Waals surface area contributed by atoms with E-state index in [9.17, 15) is 4.79 Å². The Balaban J connectivity index is 1.35. The lowest BCUT2D eigenvalue weighted by Crippen LogP contribution is -2.27. The van der Waals surface area contributed by atoms with Gasteiger partial charge in [0.1, 0.15) is 5.75 Å². The van der Waals surface area contributed by atoms with Gasteiger partial charge in [-0.05, 0) is 42.8 Å². The number of hydrogen-bond donors (Lipinski definition) is 0. The van der Waals surface area contributed by atoms with Crippen molar-refractivity contribution < 1.29 is 9.53 Å². The zero-order valence-corrected chi connectivity index (χ0v) is 20.6. The summed E-state index contributed by atoms with van der Waals surface area (Å²) in [6.45, 7) is 1.34. The van der Waals surface area contributed by atoms with E-state index in [0.29, 0.717) is 26.6 Å². The highest BCUT2D eigenvalue weighted by atomic mass is 35.5. The topological polar surface area (TPSA) is 34.5 Å². The minimum absolute atomic E-state index is 0.0915. The van der Waals surface area contributed by atoms with Gasteiger partial charge in [0.15, 0.2) is 4.32 Å². The number of nitrogens with zero attached hydrogens (tertiary/aromatic N) is 2. The van der Waals surface area contributed by atoms with Crippen molar-refractivity contribution in [3.8, 4) is 5.75 Å². The molecular weight excluding hydrogens is 484 g/mol. The van der Waals surface area contributed by atoms with Crippen molar-refractivity contribution in [2.45, 2.75) is 13.0 Å². The predicted molar refractivity (Wildman–Crippen MR) is 146 cm³/mol. The van der Waals surface area contributed by atoms with E-state index in [0.717, 1.165) is 35.1 Å². The molecule has 1 fully saturated rings. The van der Waals surface area contributed by atoms with Crippen molar-refractivity contribution in [2.24, 2.45) is 0 Å². The van der Waals surface area contributed by atoms with Crippen LogP contribution in [0.1, 0.15) is 12.0 Å². The molecule has 1 aliphatic heterocycles. The molecule has 0 unspecified atom stereocenters. The second-order valence-corrected chi connectivity index (χ2v) is 9.86. The van der Waals surface area contributed by atoms with Gasteiger partial charge >= 0.3 is 0 Å². The molecule has 1 aromatic heterocycles. The molecule has 0 saturated carbocycles. The monoisotopic (exact) mass is 504 g/mol. The molecule has 1 aliphatic rings. The summed E-state index contributed by atoms with van der Waals surface area (Å²) in [6.07, 6.45) is 4.86. The zero-order chi connectivity index (χ0) is 23.5. The van der Waals surface area contributed by atoms with Crippen LogP contribution >= 0.6 is 35.6 Å². The molecule has 7 heteroatoms. The van der Waals surface area contributed by atoms with Crippen LogP contribution in [0.5, 0.6) is 5.75 Å². The van der Waals surface area contributed by atoms with Crippen LogP contribution in [0.2, 0.25) is 5.02 Å². The lowest BCUT2D eigenvalue weighted by atomic mass is 10.1. The number of para-hydroxylation sites is 3. The van der Waals surface area contributed by atoms with Gasteiger partial charge in [-0.15, -0.1) is 0 Å². The summed E-state index contributed by atoms with van der Waals surface area (Å²) >= 11 is 13.0. The van der Waals surface area contributed by atoms with E-state index >= 15 is 0 Å². The molecule has 0 spiro atoms. The van der Waals surface area contributed by atoms with E-state index in [1.54, 1.807) is 4.90 Å². The van der Waals surface area contributed by atoms with Crippen LogP contribution in [-0.4, -0.2) is 21.4 Å². The number of hydrogen-bond acceptors (Lipinski definition) is 4. The number of halogens is 1. The lowest BCUT2D eigenvalue weighted by Gasteiger charge is -2.13. The van der Waals surface area contributed by atoms with Crippen molar-refractivity contribution in [3.05, 3.63) is 101 Å². The smallest absolute Gasteiger partial charge is 0.270 e. The summed E-state index contributed by atoms with van der Waals surface area (Å²) in [5.74, 6) is 0.605. The first-order chi connectivity index (χ1) is 16.6. The number of carbonyl (C=O) groups excluding carboxylic acids is 1. The van der Waals surface area contributed by atoms with E-state index in [2.05, 4.69) is 22.9 Å². The van der Waals surface area contributed by atoms with Gasteiger partial charge < -0.3 is 9.30 Å². The normalized spacial score (nSPS) is 15.0. The molecule has 0 N–H and O–H groups in total. The Hall–Kier alpha value is -3.06. The maximum Gasteiger partial charge on any atom is 0.270 e. The Morgan fingerprint density at radius 3 is 2.53 bits per heavy atom. The lowest BCUT2D eigenvalue weighted by molar-refractivity contribution is -0.113. The first kappa shape index (κ1) is 22.7. The van der Waals surface area contributed by atoms with E-state index in [-0.39, 0.29) is 5.91 Å². The van der Waals surface area contributed by atoms with Crippen LogP contribution in [-0.2, 0) is 11.3 Å². The quantitative estimate of drug-likeness (QED) is 0.152. The van der Waals surface area contributed by atoms with Crippen molar-refractivity contribution in [2.75, 3.05) is 11.5 Å². The molecule has 170 valence electrons. The first-order valence-corrected chi connectivity index (χ1v) is 12.5. The highest BCUT2D eigenvalue weighted by Gasteiger charge is 2.33.